The van der Waals surface area contributed by atoms with Crippen LogP contribution in [0, 0.1) is 5.82 Å². The molecule has 2 nitrogen and oxygen atoms in total. The predicted molar refractivity (Wildman–Crippen MR) is 75.8 cm³/mol. The van der Waals surface area contributed by atoms with E-state index in [9.17, 15) is 4.39 Å². The first-order valence-corrected chi connectivity index (χ1v) is 6.71. The summed E-state index contributed by atoms with van der Waals surface area (Å²) in [5.41, 5.74) is 5.67. The molecule has 0 radical (unpaired) electrons. The number of nitrogens with two attached hydrogens (primary N) is 1. The van der Waals surface area contributed by atoms with Crippen LogP contribution in [-0.4, -0.2) is 11.6 Å². The van der Waals surface area contributed by atoms with Crippen LogP contribution < -0.4 is 10.5 Å². The smallest absolute Gasteiger partial charge is 0.137 e. The van der Waals surface area contributed by atoms with Crippen molar-refractivity contribution in [3.8, 4) is 5.75 Å². The fraction of sp³-hybridized carbons (Fsp3) is 0.154. The molecule has 0 unspecified atom stereocenters. The highest BCUT2D eigenvalue weighted by Gasteiger charge is 2.12. The fourth-order valence-corrected chi connectivity index (χ4v) is 2.47. The molecule has 0 bridgehead atoms. The van der Waals surface area contributed by atoms with E-state index in [0.717, 1.165) is 6.42 Å². The van der Waals surface area contributed by atoms with Gasteiger partial charge in [0, 0.05) is 11.3 Å². The predicted octanol–water partition coefficient (Wildman–Crippen LogP) is 3.14. The summed E-state index contributed by atoms with van der Waals surface area (Å²) in [4.78, 5) is 1.24. The van der Waals surface area contributed by atoms with Crippen LogP contribution in [0.1, 0.15) is 10.4 Å². The van der Waals surface area contributed by atoms with Crippen molar-refractivity contribution in [1.29, 1.82) is 0 Å². The summed E-state index contributed by atoms with van der Waals surface area (Å²) in [7, 11) is 0. The highest BCUT2D eigenvalue weighted by atomic mass is 32.1. The molecule has 94 valence electrons. The maximum absolute atomic E-state index is 13.6. The number of rotatable bonds is 5. The van der Waals surface area contributed by atoms with E-state index in [0.29, 0.717) is 12.4 Å². The van der Waals surface area contributed by atoms with E-state index in [1.807, 2.05) is 17.5 Å². The largest absolute Gasteiger partial charge is 0.492 e. The lowest BCUT2D eigenvalue weighted by molar-refractivity contribution is 0.320. The number of thiocarbonyl (C=S) groups is 1. The van der Waals surface area contributed by atoms with Crippen LogP contribution in [0.2, 0.25) is 0 Å². The van der Waals surface area contributed by atoms with Crippen LogP contribution in [-0.2, 0) is 6.42 Å². The van der Waals surface area contributed by atoms with Gasteiger partial charge in [-0.2, -0.15) is 0 Å². The van der Waals surface area contributed by atoms with Crippen LogP contribution in [0.3, 0.4) is 0 Å². The summed E-state index contributed by atoms with van der Waals surface area (Å²) in [6.07, 6.45) is 0.783. The van der Waals surface area contributed by atoms with Gasteiger partial charge in [0.25, 0.3) is 0 Å². The molecule has 0 amide bonds. The Labute approximate surface area is 114 Å². The molecule has 18 heavy (non-hydrogen) atoms. The molecule has 0 aliphatic rings. The Morgan fingerprint density at radius 3 is 2.83 bits per heavy atom. The molecule has 0 aliphatic heterocycles. The van der Waals surface area contributed by atoms with Crippen LogP contribution in [0.25, 0.3) is 0 Å². The summed E-state index contributed by atoms with van der Waals surface area (Å²) in [5.74, 6) is -0.0461. The lowest BCUT2D eigenvalue weighted by atomic mass is 10.2. The average molecular weight is 281 g/mol. The van der Waals surface area contributed by atoms with Crippen molar-refractivity contribution in [1.82, 2.24) is 0 Å². The van der Waals surface area contributed by atoms with E-state index in [1.165, 1.54) is 10.9 Å². The topological polar surface area (TPSA) is 35.2 Å². The van der Waals surface area contributed by atoms with Gasteiger partial charge >= 0.3 is 0 Å². The van der Waals surface area contributed by atoms with Crippen LogP contribution >= 0.6 is 23.6 Å². The Morgan fingerprint density at radius 2 is 2.17 bits per heavy atom. The molecular formula is C13H12FNOS2. The van der Waals surface area contributed by atoms with Crippen molar-refractivity contribution < 1.29 is 9.13 Å². The second-order valence-corrected chi connectivity index (χ2v) is 5.13. The van der Waals surface area contributed by atoms with Gasteiger partial charge in [-0.25, -0.2) is 4.39 Å². The van der Waals surface area contributed by atoms with Gasteiger partial charge in [-0.1, -0.05) is 24.4 Å². The minimum Gasteiger partial charge on any atom is -0.492 e. The molecule has 1 aromatic carbocycles. The second kappa shape index (κ2) is 5.93. The van der Waals surface area contributed by atoms with Crippen LogP contribution in [0.15, 0.2) is 35.7 Å². The average Bonchev–Trinajstić information content (AvgIpc) is 2.81. The number of thiophene rings is 1. The molecule has 2 N–H and O–H groups in total. The van der Waals surface area contributed by atoms with Gasteiger partial charge in [-0.05, 0) is 23.6 Å². The highest BCUT2D eigenvalue weighted by Crippen LogP contribution is 2.21. The first-order valence-electron chi connectivity index (χ1n) is 5.42. The third kappa shape index (κ3) is 3.05. The van der Waals surface area contributed by atoms with Crippen molar-refractivity contribution >= 4 is 28.5 Å². The molecule has 0 saturated carbocycles. The molecule has 2 aromatic rings. The Morgan fingerprint density at radius 1 is 1.33 bits per heavy atom. The van der Waals surface area contributed by atoms with E-state index in [4.69, 9.17) is 22.7 Å². The maximum atomic E-state index is 13.6. The van der Waals surface area contributed by atoms with Gasteiger partial charge in [0.15, 0.2) is 0 Å². The zero-order valence-corrected chi connectivity index (χ0v) is 11.2. The van der Waals surface area contributed by atoms with E-state index in [-0.39, 0.29) is 10.6 Å². The number of ether oxygens (including phenoxy) is 1. The molecule has 5 heteroatoms. The van der Waals surface area contributed by atoms with Crippen LogP contribution in [0.5, 0.6) is 5.75 Å². The molecule has 1 aromatic heterocycles. The third-order valence-corrected chi connectivity index (χ3v) is 3.55. The van der Waals surface area contributed by atoms with Gasteiger partial charge in [-0.15, -0.1) is 11.3 Å². The summed E-state index contributed by atoms with van der Waals surface area (Å²) in [6, 6.07) is 8.60. The van der Waals surface area contributed by atoms with Gasteiger partial charge in [0.1, 0.15) is 16.6 Å². The standard InChI is InChI=1S/C13H12FNOS2/c14-10-4-1-5-11(12(10)13(15)17)16-7-6-9-3-2-8-18-9/h1-5,8H,6-7H2,(H2,15,17). The Hall–Kier alpha value is -1.46. The molecule has 2 rings (SSSR count). The monoisotopic (exact) mass is 281 g/mol. The Bertz CT molecular complexity index is 540. The lowest BCUT2D eigenvalue weighted by Gasteiger charge is -2.10. The zero-order valence-electron chi connectivity index (χ0n) is 9.56. The van der Waals surface area contributed by atoms with E-state index < -0.39 is 5.82 Å². The minimum absolute atomic E-state index is 0.0132. The SMILES string of the molecule is NC(=S)c1c(F)cccc1OCCc1cccs1. The van der Waals surface area contributed by atoms with Gasteiger partial charge in [0.05, 0.1) is 12.2 Å². The summed E-state index contributed by atoms with van der Waals surface area (Å²) in [5, 5.41) is 2.01. The number of halogens is 1. The molecule has 0 saturated heterocycles. The number of hydrogen-bond acceptors (Lipinski definition) is 3. The first-order chi connectivity index (χ1) is 8.68. The number of benzene rings is 1. The summed E-state index contributed by atoms with van der Waals surface area (Å²) < 4.78 is 19.1. The Kier molecular flexibility index (Phi) is 4.28. The van der Waals surface area contributed by atoms with E-state index in [1.54, 1.807) is 23.5 Å². The highest BCUT2D eigenvalue weighted by molar-refractivity contribution is 7.80. The van der Waals surface area contributed by atoms with Crippen molar-refractivity contribution in [3.05, 3.63) is 52.0 Å². The van der Waals surface area contributed by atoms with Crippen molar-refractivity contribution in [2.45, 2.75) is 6.42 Å². The van der Waals surface area contributed by atoms with E-state index in [2.05, 4.69) is 0 Å². The van der Waals surface area contributed by atoms with Gasteiger partial charge in [0.2, 0.25) is 0 Å². The molecule has 0 atom stereocenters. The Balaban J connectivity index is 2.05. The second-order valence-electron chi connectivity index (χ2n) is 3.66. The molecular weight excluding hydrogens is 269 g/mol. The van der Waals surface area contributed by atoms with Crippen LogP contribution in [0.4, 0.5) is 4.39 Å². The van der Waals surface area contributed by atoms with Crippen molar-refractivity contribution in [2.24, 2.45) is 5.73 Å². The number of hydrogen-bond donors (Lipinski definition) is 1. The lowest BCUT2D eigenvalue weighted by Crippen LogP contribution is -2.14. The molecule has 1 heterocycles. The van der Waals surface area contributed by atoms with Gasteiger partial charge < -0.3 is 10.5 Å². The fourth-order valence-electron chi connectivity index (χ4n) is 1.58. The molecule has 0 fully saturated rings. The third-order valence-electron chi connectivity index (χ3n) is 2.41. The minimum atomic E-state index is -0.448. The van der Waals surface area contributed by atoms with Crippen molar-refractivity contribution in [3.63, 3.8) is 0 Å². The van der Waals surface area contributed by atoms with Gasteiger partial charge in [-0.3, -0.25) is 0 Å². The quantitative estimate of drug-likeness (QED) is 0.855. The molecule has 0 spiro atoms. The summed E-state index contributed by atoms with van der Waals surface area (Å²) in [6.45, 7) is 0.472. The summed E-state index contributed by atoms with van der Waals surface area (Å²) >= 11 is 6.49. The maximum Gasteiger partial charge on any atom is 0.137 e. The zero-order chi connectivity index (χ0) is 13.0. The molecule has 0 aliphatic carbocycles. The van der Waals surface area contributed by atoms with Crippen molar-refractivity contribution in [2.75, 3.05) is 6.61 Å². The van der Waals surface area contributed by atoms with E-state index >= 15 is 0 Å². The first kappa shape index (κ1) is 13.0. The normalized spacial score (nSPS) is 10.3.